The Morgan fingerprint density at radius 2 is 2.00 bits per heavy atom. The second kappa shape index (κ2) is 5.38. The molecule has 0 aliphatic carbocycles. The maximum atomic E-state index is 6.12. The molecule has 0 N–H and O–H groups in total. The molecule has 19 heavy (non-hydrogen) atoms. The van der Waals surface area contributed by atoms with E-state index in [2.05, 4.69) is 31.9 Å². The second-order valence-electron chi connectivity index (χ2n) is 5.34. The molecule has 1 aromatic heterocycles. The Kier molecular flexibility index (Phi) is 3.78. The van der Waals surface area contributed by atoms with Crippen LogP contribution in [-0.4, -0.2) is 51.8 Å². The average Bonchev–Trinajstić information content (AvgIpc) is 2.41. The smallest absolute Gasteiger partial charge is 0.245 e. The molecule has 2 unspecified atom stereocenters. The molecule has 3 rings (SSSR count). The van der Waals surface area contributed by atoms with Crippen molar-refractivity contribution in [1.29, 1.82) is 0 Å². The molecule has 0 saturated carbocycles. The van der Waals surface area contributed by atoms with Crippen LogP contribution >= 0.6 is 23.2 Å². The van der Waals surface area contributed by atoms with Crippen LogP contribution < -0.4 is 4.90 Å². The van der Waals surface area contributed by atoms with Gasteiger partial charge in [-0.2, -0.15) is 4.98 Å². The first kappa shape index (κ1) is 13.3. The average molecular weight is 302 g/mol. The van der Waals surface area contributed by atoms with Crippen LogP contribution in [0.25, 0.3) is 0 Å². The first-order valence-corrected chi connectivity index (χ1v) is 7.47. The van der Waals surface area contributed by atoms with Crippen LogP contribution in [0.3, 0.4) is 0 Å². The Hall–Kier alpha value is -0.650. The van der Waals surface area contributed by atoms with Gasteiger partial charge in [-0.15, -0.1) is 10.2 Å². The third kappa shape index (κ3) is 2.64. The van der Waals surface area contributed by atoms with E-state index in [1.54, 1.807) is 0 Å². The van der Waals surface area contributed by atoms with Crippen LogP contribution in [0.5, 0.6) is 0 Å². The van der Waals surface area contributed by atoms with Gasteiger partial charge < -0.3 is 4.90 Å². The minimum atomic E-state index is 0.151. The molecular formula is C12H17Cl2N5. The second-order valence-corrected chi connectivity index (χ2v) is 6.04. The molecule has 0 aromatic carbocycles. The van der Waals surface area contributed by atoms with E-state index in [4.69, 9.17) is 23.2 Å². The van der Waals surface area contributed by atoms with Crippen molar-refractivity contribution in [1.82, 2.24) is 20.1 Å². The Bertz CT molecular complexity index is 469. The summed E-state index contributed by atoms with van der Waals surface area (Å²) in [4.78, 5) is 9.05. The summed E-state index contributed by atoms with van der Waals surface area (Å²) in [6.07, 6.45) is 3.86. The van der Waals surface area contributed by atoms with E-state index in [1.807, 2.05) is 0 Å². The Balaban J connectivity index is 1.85. The molecule has 104 valence electrons. The summed E-state index contributed by atoms with van der Waals surface area (Å²) in [5, 5.41) is 8.02. The molecule has 0 spiro atoms. The van der Waals surface area contributed by atoms with Crippen molar-refractivity contribution >= 4 is 29.0 Å². The number of piperidine rings is 1. The highest BCUT2D eigenvalue weighted by Gasteiger charge is 2.34. The van der Waals surface area contributed by atoms with Crippen molar-refractivity contribution in [2.24, 2.45) is 0 Å². The SMILES string of the molecule is CC1CN2CCCCC2CN1c1nc(Cl)nnc1Cl. The molecule has 3 heterocycles. The van der Waals surface area contributed by atoms with Crippen LogP contribution in [0.1, 0.15) is 26.2 Å². The zero-order valence-electron chi connectivity index (χ0n) is 10.9. The fourth-order valence-corrected chi connectivity index (χ4v) is 3.42. The molecule has 0 radical (unpaired) electrons. The highest BCUT2D eigenvalue weighted by atomic mass is 35.5. The molecule has 2 fully saturated rings. The van der Waals surface area contributed by atoms with Gasteiger partial charge in [0.05, 0.1) is 0 Å². The predicted octanol–water partition coefficient (Wildman–Crippen LogP) is 2.24. The lowest BCUT2D eigenvalue weighted by Crippen LogP contribution is -2.59. The van der Waals surface area contributed by atoms with Gasteiger partial charge in [-0.05, 0) is 37.9 Å². The highest BCUT2D eigenvalue weighted by molar-refractivity contribution is 6.32. The number of hydrogen-bond acceptors (Lipinski definition) is 5. The van der Waals surface area contributed by atoms with Gasteiger partial charge in [-0.25, -0.2) is 0 Å². The van der Waals surface area contributed by atoms with Crippen LogP contribution in [0.2, 0.25) is 10.4 Å². The standard InChI is InChI=1S/C12H17Cl2N5/c1-8-6-18-5-3-2-4-9(18)7-19(8)11-10(13)16-17-12(14)15-11/h8-9H,2-7H2,1H3. The summed E-state index contributed by atoms with van der Waals surface area (Å²) in [5.41, 5.74) is 0. The summed E-state index contributed by atoms with van der Waals surface area (Å²) in [5.74, 6) is 0.666. The van der Waals surface area contributed by atoms with Gasteiger partial charge in [0, 0.05) is 25.2 Å². The van der Waals surface area contributed by atoms with Gasteiger partial charge in [-0.3, -0.25) is 4.90 Å². The normalized spacial score (nSPS) is 28.3. The topological polar surface area (TPSA) is 45.2 Å². The van der Waals surface area contributed by atoms with Gasteiger partial charge in [0.15, 0.2) is 11.0 Å². The lowest BCUT2D eigenvalue weighted by atomic mass is 9.97. The maximum absolute atomic E-state index is 6.12. The Morgan fingerprint density at radius 3 is 2.84 bits per heavy atom. The molecular weight excluding hydrogens is 285 g/mol. The largest absolute Gasteiger partial charge is 0.348 e. The molecule has 5 nitrogen and oxygen atoms in total. The van der Waals surface area contributed by atoms with Crippen LogP contribution in [0, 0.1) is 0 Å². The highest BCUT2D eigenvalue weighted by Crippen LogP contribution is 2.30. The number of hydrogen-bond donors (Lipinski definition) is 0. The van der Waals surface area contributed by atoms with Gasteiger partial charge in [0.2, 0.25) is 5.28 Å². The van der Waals surface area contributed by atoms with Crippen LogP contribution in [-0.2, 0) is 0 Å². The zero-order chi connectivity index (χ0) is 13.4. The van der Waals surface area contributed by atoms with Gasteiger partial charge >= 0.3 is 0 Å². The lowest BCUT2D eigenvalue weighted by molar-refractivity contribution is 0.115. The molecule has 2 aliphatic heterocycles. The Morgan fingerprint density at radius 1 is 1.16 bits per heavy atom. The molecule has 2 atom stereocenters. The third-order valence-electron chi connectivity index (χ3n) is 4.06. The lowest BCUT2D eigenvalue weighted by Gasteiger charge is -2.47. The number of aromatic nitrogens is 3. The summed E-state index contributed by atoms with van der Waals surface area (Å²) in [6.45, 7) is 5.38. The van der Waals surface area contributed by atoms with Crippen molar-refractivity contribution in [2.75, 3.05) is 24.5 Å². The van der Waals surface area contributed by atoms with E-state index in [1.165, 1.54) is 25.8 Å². The Labute approximate surface area is 122 Å². The maximum Gasteiger partial charge on any atom is 0.245 e. The van der Waals surface area contributed by atoms with E-state index in [-0.39, 0.29) is 5.28 Å². The van der Waals surface area contributed by atoms with E-state index in [0.717, 1.165) is 13.1 Å². The van der Waals surface area contributed by atoms with E-state index in [0.29, 0.717) is 23.1 Å². The summed E-state index contributed by atoms with van der Waals surface area (Å²) >= 11 is 12.0. The minimum Gasteiger partial charge on any atom is -0.348 e. The van der Waals surface area contributed by atoms with Gasteiger partial charge in [0.25, 0.3) is 0 Å². The number of rotatable bonds is 1. The van der Waals surface area contributed by atoms with Gasteiger partial charge in [-0.1, -0.05) is 18.0 Å². The molecule has 0 amide bonds. The van der Waals surface area contributed by atoms with Crippen LogP contribution in [0.4, 0.5) is 5.82 Å². The van der Waals surface area contributed by atoms with Crippen molar-refractivity contribution < 1.29 is 0 Å². The van der Waals surface area contributed by atoms with Gasteiger partial charge in [0.1, 0.15) is 0 Å². The summed E-state index contributed by atoms with van der Waals surface area (Å²) < 4.78 is 0. The van der Waals surface area contributed by atoms with Crippen molar-refractivity contribution in [3.05, 3.63) is 10.4 Å². The fourth-order valence-electron chi connectivity index (χ4n) is 3.12. The molecule has 2 aliphatic rings. The minimum absolute atomic E-state index is 0.151. The monoisotopic (exact) mass is 301 g/mol. The first-order chi connectivity index (χ1) is 9.15. The van der Waals surface area contributed by atoms with Crippen molar-refractivity contribution in [3.63, 3.8) is 0 Å². The summed E-state index contributed by atoms with van der Waals surface area (Å²) in [6, 6.07) is 0.953. The zero-order valence-corrected chi connectivity index (χ0v) is 12.4. The summed E-state index contributed by atoms with van der Waals surface area (Å²) in [7, 11) is 0. The fraction of sp³-hybridized carbons (Fsp3) is 0.750. The predicted molar refractivity (Wildman–Crippen MR) is 75.9 cm³/mol. The van der Waals surface area contributed by atoms with Crippen molar-refractivity contribution in [3.8, 4) is 0 Å². The molecule has 2 saturated heterocycles. The first-order valence-electron chi connectivity index (χ1n) is 6.71. The number of nitrogens with zero attached hydrogens (tertiary/aromatic N) is 5. The molecule has 0 bridgehead atoms. The quantitative estimate of drug-likeness (QED) is 0.796. The van der Waals surface area contributed by atoms with E-state index < -0.39 is 0 Å². The van der Waals surface area contributed by atoms with Crippen molar-refractivity contribution in [2.45, 2.75) is 38.3 Å². The molecule has 1 aromatic rings. The third-order valence-corrected chi connectivity index (χ3v) is 4.47. The van der Waals surface area contributed by atoms with E-state index in [9.17, 15) is 0 Å². The van der Waals surface area contributed by atoms with Crippen LogP contribution in [0.15, 0.2) is 0 Å². The number of halogens is 2. The number of anilines is 1. The number of fused-ring (bicyclic) bond motifs is 1. The number of piperazine rings is 1. The van der Waals surface area contributed by atoms with E-state index >= 15 is 0 Å². The molecule has 7 heteroatoms.